The molecule has 2 N–H and O–H groups in total. The Bertz CT molecular complexity index is 714. The number of likely N-dealkylation sites (N-methyl/N-ethyl adjacent to an activating group) is 1. The highest BCUT2D eigenvalue weighted by Gasteiger charge is 2.29. The van der Waals surface area contributed by atoms with Crippen molar-refractivity contribution in [2.24, 2.45) is 0 Å². The molecule has 1 unspecified atom stereocenters. The number of hydrogen-bond acceptors (Lipinski definition) is 3. The van der Waals surface area contributed by atoms with E-state index >= 15 is 0 Å². The van der Waals surface area contributed by atoms with Crippen molar-refractivity contribution in [3.8, 4) is 0 Å². The summed E-state index contributed by atoms with van der Waals surface area (Å²) >= 11 is 0. The van der Waals surface area contributed by atoms with E-state index in [0.717, 1.165) is 25.8 Å². The summed E-state index contributed by atoms with van der Waals surface area (Å²) in [5, 5.41) is 2.99. The first-order valence-corrected chi connectivity index (χ1v) is 10.7. The summed E-state index contributed by atoms with van der Waals surface area (Å²) in [5.41, 5.74) is 0.413. The highest BCUT2D eigenvalue weighted by molar-refractivity contribution is 7.89. The van der Waals surface area contributed by atoms with E-state index in [0.29, 0.717) is 31.2 Å². The van der Waals surface area contributed by atoms with E-state index in [1.54, 1.807) is 18.2 Å². The van der Waals surface area contributed by atoms with Crippen molar-refractivity contribution in [2.45, 2.75) is 43.5 Å². The van der Waals surface area contributed by atoms with Gasteiger partial charge in [-0.1, -0.05) is 6.07 Å². The van der Waals surface area contributed by atoms with Crippen LogP contribution in [0.5, 0.6) is 0 Å². The summed E-state index contributed by atoms with van der Waals surface area (Å²) in [6.45, 7) is 6.18. The zero-order valence-electron chi connectivity index (χ0n) is 14.8. The molecule has 138 valence electrons. The van der Waals surface area contributed by atoms with E-state index in [1.165, 1.54) is 28.2 Å². The normalized spacial score (nSPS) is 24.5. The van der Waals surface area contributed by atoms with Gasteiger partial charge in [0.25, 0.3) is 5.91 Å². The molecule has 0 aromatic heterocycles. The van der Waals surface area contributed by atoms with Crippen LogP contribution in [-0.2, 0) is 10.0 Å². The van der Waals surface area contributed by atoms with Crippen LogP contribution < -0.4 is 10.2 Å². The Morgan fingerprint density at radius 3 is 2.76 bits per heavy atom. The molecule has 7 heteroatoms. The van der Waals surface area contributed by atoms with Crippen LogP contribution in [0.3, 0.4) is 0 Å². The topological polar surface area (TPSA) is 70.9 Å². The monoisotopic (exact) mass is 366 g/mol. The smallest absolute Gasteiger partial charge is 0.251 e. The zero-order chi connectivity index (χ0) is 17.9. The van der Waals surface area contributed by atoms with Crippen LogP contribution in [0.2, 0.25) is 0 Å². The molecule has 2 saturated heterocycles. The van der Waals surface area contributed by atoms with Gasteiger partial charge in [-0.2, -0.15) is 4.31 Å². The molecule has 1 amide bonds. The third-order valence-corrected chi connectivity index (χ3v) is 7.28. The molecule has 2 atom stereocenters. The van der Waals surface area contributed by atoms with Crippen molar-refractivity contribution < 1.29 is 18.1 Å². The quantitative estimate of drug-likeness (QED) is 0.759. The molecule has 2 aliphatic rings. The van der Waals surface area contributed by atoms with Crippen molar-refractivity contribution in [3.05, 3.63) is 29.8 Å². The fraction of sp³-hybridized carbons (Fsp3) is 0.611. The van der Waals surface area contributed by atoms with Crippen LogP contribution in [0.4, 0.5) is 0 Å². The van der Waals surface area contributed by atoms with Gasteiger partial charge in [-0.15, -0.1) is 0 Å². The number of nitrogens with one attached hydrogen (secondary N) is 2. The maximum absolute atomic E-state index is 12.6. The SMILES string of the molecule is CC[NH+]1CCC[C@@H]1CNC(=O)c1cccc(S(=O)(=O)N2CCCC2)c1. The minimum Gasteiger partial charge on any atom is -0.346 e. The highest BCUT2D eigenvalue weighted by atomic mass is 32.2. The highest BCUT2D eigenvalue weighted by Crippen LogP contribution is 2.21. The van der Waals surface area contributed by atoms with Crippen LogP contribution in [0.25, 0.3) is 0 Å². The molecule has 0 radical (unpaired) electrons. The largest absolute Gasteiger partial charge is 0.346 e. The van der Waals surface area contributed by atoms with Crippen LogP contribution in [-0.4, -0.2) is 57.4 Å². The van der Waals surface area contributed by atoms with Gasteiger partial charge in [0.1, 0.15) is 6.04 Å². The summed E-state index contributed by atoms with van der Waals surface area (Å²) in [7, 11) is -3.49. The molecule has 1 aromatic rings. The number of amides is 1. The molecule has 3 rings (SSSR count). The molecular weight excluding hydrogens is 338 g/mol. The lowest BCUT2D eigenvalue weighted by Gasteiger charge is -2.20. The van der Waals surface area contributed by atoms with Crippen LogP contribution in [0, 0.1) is 0 Å². The predicted molar refractivity (Wildman–Crippen MR) is 96.2 cm³/mol. The standard InChI is InChI=1S/C18H27N3O3S/c1-2-20-10-6-8-16(20)14-19-18(22)15-7-5-9-17(13-15)25(23,24)21-11-3-4-12-21/h5,7,9,13,16H,2-4,6,8,10-12,14H2,1H3,(H,19,22)/p+1/t16-/m1/s1. The maximum Gasteiger partial charge on any atom is 0.251 e. The molecule has 0 saturated carbocycles. The Morgan fingerprint density at radius 1 is 1.28 bits per heavy atom. The fourth-order valence-electron chi connectivity index (χ4n) is 3.89. The molecule has 2 aliphatic heterocycles. The van der Waals surface area contributed by atoms with Gasteiger partial charge >= 0.3 is 0 Å². The van der Waals surface area contributed by atoms with Crippen LogP contribution in [0.15, 0.2) is 29.2 Å². The number of benzene rings is 1. The predicted octanol–water partition coefficient (Wildman–Crippen LogP) is 0.268. The second-order valence-corrected chi connectivity index (χ2v) is 8.89. The molecule has 25 heavy (non-hydrogen) atoms. The Kier molecular flexibility index (Phi) is 5.76. The minimum atomic E-state index is -3.49. The summed E-state index contributed by atoms with van der Waals surface area (Å²) in [4.78, 5) is 14.2. The lowest BCUT2D eigenvalue weighted by Crippen LogP contribution is -3.14. The molecular formula is C18H28N3O3S+. The van der Waals surface area contributed by atoms with Gasteiger partial charge in [-0.25, -0.2) is 8.42 Å². The van der Waals surface area contributed by atoms with Crippen molar-refractivity contribution in [3.63, 3.8) is 0 Å². The van der Waals surface area contributed by atoms with Gasteiger partial charge in [-0.05, 0) is 38.0 Å². The molecule has 0 bridgehead atoms. The first-order chi connectivity index (χ1) is 12.0. The zero-order valence-corrected chi connectivity index (χ0v) is 15.6. The van der Waals surface area contributed by atoms with E-state index in [2.05, 4.69) is 12.2 Å². The number of nitrogens with zero attached hydrogens (tertiary/aromatic N) is 1. The van der Waals surface area contributed by atoms with E-state index in [9.17, 15) is 13.2 Å². The second-order valence-electron chi connectivity index (χ2n) is 6.95. The van der Waals surface area contributed by atoms with Crippen molar-refractivity contribution in [2.75, 3.05) is 32.7 Å². The summed E-state index contributed by atoms with van der Waals surface area (Å²) in [6.07, 6.45) is 4.13. The summed E-state index contributed by atoms with van der Waals surface area (Å²) in [6, 6.07) is 6.87. The number of hydrogen-bond donors (Lipinski definition) is 2. The molecule has 0 spiro atoms. The van der Waals surface area contributed by atoms with Gasteiger partial charge in [0.15, 0.2) is 0 Å². The van der Waals surface area contributed by atoms with Crippen molar-refractivity contribution in [1.29, 1.82) is 0 Å². The Hall–Kier alpha value is -1.44. The number of likely N-dealkylation sites (tertiary alicyclic amines) is 1. The minimum absolute atomic E-state index is 0.194. The molecule has 2 fully saturated rings. The summed E-state index contributed by atoms with van der Waals surface area (Å²) < 4.78 is 26.8. The molecule has 2 heterocycles. The van der Waals surface area contributed by atoms with Crippen LogP contribution >= 0.6 is 0 Å². The number of rotatable bonds is 6. The number of sulfonamides is 1. The second kappa shape index (κ2) is 7.85. The van der Waals surface area contributed by atoms with Crippen molar-refractivity contribution in [1.82, 2.24) is 9.62 Å². The van der Waals surface area contributed by atoms with E-state index in [-0.39, 0.29) is 10.8 Å². The van der Waals surface area contributed by atoms with Gasteiger partial charge in [0.05, 0.1) is 24.5 Å². The lowest BCUT2D eigenvalue weighted by molar-refractivity contribution is -0.909. The number of quaternary nitrogens is 1. The average Bonchev–Trinajstić information content (AvgIpc) is 3.31. The van der Waals surface area contributed by atoms with E-state index in [1.807, 2.05) is 0 Å². The van der Waals surface area contributed by atoms with Crippen LogP contribution in [0.1, 0.15) is 43.0 Å². The average molecular weight is 367 g/mol. The van der Waals surface area contributed by atoms with Gasteiger partial charge in [-0.3, -0.25) is 4.79 Å². The Labute approximate surface area is 150 Å². The van der Waals surface area contributed by atoms with Crippen molar-refractivity contribution >= 4 is 15.9 Å². The lowest BCUT2D eigenvalue weighted by atomic mass is 10.2. The third kappa shape index (κ3) is 4.04. The Balaban J connectivity index is 1.67. The first kappa shape index (κ1) is 18.4. The fourth-order valence-corrected chi connectivity index (χ4v) is 5.45. The van der Waals surface area contributed by atoms with Gasteiger partial charge < -0.3 is 10.2 Å². The van der Waals surface area contributed by atoms with E-state index < -0.39 is 10.0 Å². The maximum atomic E-state index is 12.6. The molecule has 1 aromatic carbocycles. The molecule has 6 nitrogen and oxygen atoms in total. The summed E-state index contributed by atoms with van der Waals surface area (Å²) in [5.74, 6) is -0.194. The number of carbonyl (C=O) groups is 1. The van der Waals surface area contributed by atoms with Gasteiger partial charge in [0.2, 0.25) is 10.0 Å². The van der Waals surface area contributed by atoms with E-state index in [4.69, 9.17) is 0 Å². The molecule has 0 aliphatic carbocycles. The number of carbonyl (C=O) groups excluding carboxylic acids is 1. The Morgan fingerprint density at radius 2 is 2.04 bits per heavy atom. The van der Waals surface area contributed by atoms with Gasteiger partial charge in [0, 0.05) is 31.5 Å². The third-order valence-electron chi connectivity index (χ3n) is 5.39. The first-order valence-electron chi connectivity index (χ1n) is 9.25.